The van der Waals surface area contributed by atoms with Crippen molar-refractivity contribution in [3.8, 4) is 0 Å². The van der Waals surface area contributed by atoms with Crippen molar-refractivity contribution in [2.24, 2.45) is 11.1 Å². The van der Waals surface area contributed by atoms with Crippen LogP contribution in [0.3, 0.4) is 0 Å². The lowest BCUT2D eigenvalue weighted by molar-refractivity contribution is -0.161. The van der Waals surface area contributed by atoms with Crippen LogP contribution in [0.5, 0.6) is 0 Å². The van der Waals surface area contributed by atoms with Gasteiger partial charge < -0.3 is 20.1 Å². The van der Waals surface area contributed by atoms with E-state index in [0.717, 1.165) is 38.5 Å². The van der Waals surface area contributed by atoms with Gasteiger partial charge in [0.2, 0.25) is 0 Å². The van der Waals surface area contributed by atoms with Gasteiger partial charge in [0, 0.05) is 19.4 Å². The molecule has 3 N–H and O–H groups in total. The molecule has 0 bridgehead atoms. The molecular formula is C32H64NO8P. The molecule has 0 rings (SSSR count). The van der Waals surface area contributed by atoms with E-state index in [9.17, 15) is 19.0 Å². The summed E-state index contributed by atoms with van der Waals surface area (Å²) in [6.07, 6.45) is 20.0. The molecule has 0 aliphatic rings. The average molecular weight is 622 g/mol. The molecular weight excluding hydrogens is 557 g/mol. The molecule has 1 unspecified atom stereocenters. The molecule has 0 aliphatic carbocycles. The van der Waals surface area contributed by atoms with E-state index in [-0.39, 0.29) is 38.6 Å². The molecule has 0 heterocycles. The van der Waals surface area contributed by atoms with Gasteiger partial charge in [-0.05, 0) is 24.7 Å². The lowest BCUT2D eigenvalue weighted by Gasteiger charge is -2.20. The number of phosphoric acid groups is 1. The number of ether oxygens (including phenoxy) is 2. The summed E-state index contributed by atoms with van der Waals surface area (Å²) >= 11 is 0. The number of carbonyl (C=O) groups excluding carboxylic acids is 2. The van der Waals surface area contributed by atoms with Gasteiger partial charge in [-0.15, -0.1) is 0 Å². The van der Waals surface area contributed by atoms with E-state index in [0.29, 0.717) is 11.8 Å². The lowest BCUT2D eigenvalue weighted by Crippen LogP contribution is -2.29. The summed E-state index contributed by atoms with van der Waals surface area (Å²) in [7, 11) is -4.36. The molecule has 0 amide bonds. The van der Waals surface area contributed by atoms with Crippen molar-refractivity contribution in [2.75, 3.05) is 26.4 Å². The van der Waals surface area contributed by atoms with Crippen molar-refractivity contribution >= 4 is 19.8 Å². The molecule has 0 aromatic rings. The minimum absolute atomic E-state index is 0.0556. The van der Waals surface area contributed by atoms with Crippen molar-refractivity contribution in [2.45, 2.75) is 162 Å². The van der Waals surface area contributed by atoms with Crippen molar-refractivity contribution in [1.82, 2.24) is 0 Å². The maximum Gasteiger partial charge on any atom is 0.472 e. The van der Waals surface area contributed by atoms with Gasteiger partial charge in [0.1, 0.15) is 6.61 Å². The highest BCUT2D eigenvalue weighted by Gasteiger charge is 2.26. The minimum Gasteiger partial charge on any atom is -0.462 e. The van der Waals surface area contributed by atoms with Gasteiger partial charge in [-0.3, -0.25) is 18.6 Å². The molecule has 2 atom stereocenters. The molecule has 0 aliphatic heterocycles. The minimum atomic E-state index is -4.36. The largest absolute Gasteiger partial charge is 0.472 e. The quantitative estimate of drug-likeness (QED) is 0.0479. The van der Waals surface area contributed by atoms with E-state index in [4.69, 9.17) is 24.3 Å². The van der Waals surface area contributed by atoms with Crippen molar-refractivity contribution in [1.29, 1.82) is 0 Å². The molecule has 42 heavy (non-hydrogen) atoms. The predicted molar refractivity (Wildman–Crippen MR) is 169 cm³/mol. The van der Waals surface area contributed by atoms with E-state index in [1.165, 1.54) is 70.6 Å². The van der Waals surface area contributed by atoms with Crippen molar-refractivity contribution in [3.05, 3.63) is 0 Å². The van der Waals surface area contributed by atoms with E-state index < -0.39 is 26.5 Å². The number of phosphoric ester groups is 1. The summed E-state index contributed by atoms with van der Waals surface area (Å²) in [6, 6.07) is 0. The molecule has 9 nitrogen and oxygen atoms in total. The number of hydrogen-bond donors (Lipinski definition) is 2. The third-order valence-corrected chi connectivity index (χ3v) is 8.05. The van der Waals surface area contributed by atoms with Crippen LogP contribution in [-0.2, 0) is 32.7 Å². The zero-order valence-electron chi connectivity index (χ0n) is 27.4. The zero-order valence-corrected chi connectivity index (χ0v) is 28.3. The summed E-state index contributed by atoms with van der Waals surface area (Å²) < 4.78 is 32.5. The Bertz CT molecular complexity index is 713. The number of unbranched alkanes of at least 4 members (excludes halogenated alkanes) is 15. The highest BCUT2D eigenvalue weighted by atomic mass is 31.2. The Labute approximate surface area is 257 Å². The number of nitrogens with two attached hydrogens (primary N) is 1. The summed E-state index contributed by atoms with van der Waals surface area (Å²) in [4.78, 5) is 34.5. The topological polar surface area (TPSA) is 134 Å². The van der Waals surface area contributed by atoms with Crippen molar-refractivity contribution in [3.63, 3.8) is 0 Å². The predicted octanol–water partition coefficient (Wildman–Crippen LogP) is 8.40. The van der Waals surface area contributed by atoms with Gasteiger partial charge in [0.05, 0.1) is 13.2 Å². The Morgan fingerprint density at radius 3 is 1.69 bits per heavy atom. The highest BCUT2D eigenvalue weighted by molar-refractivity contribution is 7.47. The third-order valence-electron chi connectivity index (χ3n) is 7.07. The van der Waals surface area contributed by atoms with Crippen LogP contribution in [0, 0.1) is 5.41 Å². The fraction of sp³-hybridized carbons (Fsp3) is 0.938. The fourth-order valence-electron chi connectivity index (χ4n) is 4.57. The average Bonchev–Trinajstić information content (AvgIpc) is 2.93. The monoisotopic (exact) mass is 621 g/mol. The fourth-order valence-corrected chi connectivity index (χ4v) is 5.33. The van der Waals surface area contributed by atoms with Crippen molar-refractivity contribution < 1.29 is 37.6 Å². The Hall–Kier alpha value is -0.990. The Balaban J connectivity index is 4.31. The smallest absolute Gasteiger partial charge is 0.462 e. The van der Waals surface area contributed by atoms with Gasteiger partial charge in [0.25, 0.3) is 0 Å². The van der Waals surface area contributed by atoms with Gasteiger partial charge in [-0.25, -0.2) is 4.57 Å². The standard InChI is InChI=1S/C32H64NO8P/c1-5-6-7-8-9-10-13-16-19-22-30(34)38-27-29(28-40-42(36,37)39-26-25-33)41-31(35)23-20-17-14-11-12-15-18-21-24-32(2,3)4/h29H,5-28,33H2,1-4H3,(H,36,37)/t29-/m0/s1. The molecule has 0 radical (unpaired) electrons. The number of rotatable bonds is 29. The van der Waals surface area contributed by atoms with Crippen LogP contribution >= 0.6 is 7.82 Å². The zero-order chi connectivity index (χ0) is 31.5. The van der Waals surface area contributed by atoms with Crippen LogP contribution in [-0.4, -0.2) is 49.3 Å². The molecule has 0 spiro atoms. The van der Waals surface area contributed by atoms with E-state index in [2.05, 4.69) is 27.7 Å². The van der Waals surface area contributed by atoms with Crippen LogP contribution in [0.2, 0.25) is 0 Å². The highest BCUT2D eigenvalue weighted by Crippen LogP contribution is 2.43. The summed E-state index contributed by atoms with van der Waals surface area (Å²) in [5.74, 6) is -0.833. The van der Waals surface area contributed by atoms with Crippen LogP contribution in [0.4, 0.5) is 0 Å². The maximum absolute atomic E-state index is 12.4. The van der Waals surface area contributed by atoms with Crippen LogP contribution in [0.15, 0.2) is 0 Å². The second-order valence-corrected chi connectivity index (χ2v) is 14.1. The molecule has 0 saturated carbocycles. The second kappa shape index (κ2) is 26.4. The molecule has 0 saturated heterocycles. The normalized spacial score (nSPS) is 14.0. The van der Waals surface area contributed by atoms with Gasteiger partial charge in [-0.2, -0.15) is 0 Å². The number of esters is 2. The summed E-state index contributed by atoms with van der Waals surface area (Å²) in [5, 5.41) is 0. The molecule has 0 aromatic carbocycles. The SMILES string of the molecule is CCCCCCCCCCCC(=O)OC[C@@H](COP(=O)(O)OCCN)OC(=O)CCCCCCCCCCC(C)(C)C. The van der Waals surface area contributed by atoms with Gasteiger partial charge in [-0.1, -0.05) is 124 Å². The van der Waals surface area contributed by atoms with E-state index >= 15 is 0 Å². The summed E-state index contributed by atoms with van der Waals surface area (Å²) in [5.41, 5.74) is 5.72. The Morgan fingerprint density at radius 2 is 1.19 bits per heavy atom. The first-order valence-electron chi connectivity index (χ1n) is 16.7. The number of carbonyl (C=O) groups is 2. The van der Waals surface area contributed by atoms with Gasteiger partial charge in [0.15, 0.2) is 6.10 Å². The maximum atomic E-state index is 12.4. The van der Waals surface area contributed by atoms with E-state index in [1.807, 2.05) is 0 Å². The van der Waals surface area contributed by atoms with Gasteiger partial charge >= 0.3 is 19.8 Å². The van der Waals surface area contributed by atoms with Crippen LogP contribution in [0.1, 0.15) is 156 Å². The summed E-state index contributed by atoms with van der Waals surface area (Å²) in [6.45, 7) is 8.29. The first-order chi connectivity index (χ1) is 20.0. The molecule has 0 fully saturated rings. The molecule has 250 valence electrons. The van der Waals surface area contributed by atoms with E-state index in [1.54, 1.807) is 0 Å². The van der Waals surface area contributed by atoms with Crippen LogP contribution in [0.25, 0.3) is 0 Å². The Kier molecular flexibility index (Phi) is 25.8. The third kappa shape index (κ3) is 29.1. The Morgan fingerprint density at radius 1 is 0.714 bits per heavy atom. The molecule has 0 aromatic heterocycles. The lowest BCUT2D eigenvalue weighted by atomic mass is 9.89. The first kappa shape index (κ1) is 41.0. The van der Waals surface area contributed by atoms with Crippen LogP contribution < -0.4 is 5.73 Å². The first-order valence-corrected chi connectivity index (χ1v) is 18.2. The number of hydrogen-bond acceptors (Lipinski definition) is 8. The molecule has 10 heteroatoms. The second-order valence-electron chi connectivity index (χ2n) is 12.6.